The molecule has 0 aliphatic heterocycles. The summed E-state index contributed by atoms with van der Waals surface area (Å²) in [5, 5.41) is 12.8. The Morgan fingerprint density at radius 2 is 1.89 bits per heavy atom. The lowest BCUT2D eigenvalue weighted by atomic mass is 10.0. The van der Waals surface area contributed by atoms with Gasteiger partial charge in [-0.25, -0.2) is 4.68 Å². The number of aryl methyl sites for hydroxylation is 1. The van der Waals surface area contributed by atoms with E-state index >= 15 is 0 Å². The molecule has 1 amide bonds. The van der Waals surface area contributed by atoms with Gasteiger partial charge in [-0.1, -0.05) is 59.2 Å². The number of aromatic nitrogens is 2. The van der Waals surface area contributed by atoms with Crippen molar-refractivity contribution in [2.45, 2.75) is 26.8 Å². The van der Waals surface area contributed by atoms with Crippen molar-refractivity contribution >= 4 is 34.2 Å². The largest absolute Gasteiger partial charge is 0.385 e. The van der Waals surface area contributed by atoms with E-state index in [0.29, 0.717) is 16.3 Å². The molecule has 0 spiro atoms. The number of amidine groups is 1. The Bertz CT molecular complexity index is 1440. The monoisotopic (exact) mass is 487 g/mol. The van der Waals surface area contributed by atoms with E-state index in [1.54, 1.807) is 19.9 Å². The fraction of sp³-hybridized carbons (Fsp3) is 0.148. The van der Waals surface area contributed by atoms with Crippen molar-refractivity contribution in [2.24, 2.45) is 10.9 Å². The Hall–Kier alpha value is -4.10. The maximum Gasteiger partial charge on any atom is 0.251 e. The molecule has 0 radical (unpaired) electrons. The van der Waals surface area contributed by atoms with E-state index in [9.17, 15) is 4.79 Å². The summed E-state index contributed by atoms with van der Waals surface area (Å²) in [5.74, 6) is 0.242. The topological polar surface area (TPSA) is 94.5 Å². The molecule has 1 atom stereocenters. The lowest BCUT2D eigenvalue weighted by Crippen LogP contribution is -2.34. The van der Waals surface area contributed by atoms with Crippen LogP contribution >= 0.6 is 11.6 Å². The number of hydrogen-bond acceptors (Lipinski definition) is 4. The zero-order chi connectivity index (χ0) is 25.1. The lowest BCUT2D eigenvalue weighted by molar-refractivity contribution is 0.0927. The van der Waals surface area contributed by atoms with Gasteiger partial charge in [0.1, 0.15) is 17.3 Å². The lowest BCUT2D eigenvalue weighted by Gasteiger charge is -2.15. The molecule has 4 rings (SSSR count). The van der Waals surface area contributed by atoms with Crippen LogP contribution < -0.4 is 11.1 Å². The number of halogens is 1. The quantitative estimate of drug-likeness (QED) is 0.154. The van der Waals surface area contributed by atoms with E-state index in [-0.39, 0.29) is 17.5 Å². The van der Waals surface area contributed by atoms with E-state index in [2.05, 4.69) is 17.1 Å². The molecule has 0 saturated heterocycles. The number of carbonyl (C=O) groups is 1. The molecule has 1 aromatic heterocycles. The Morgan fingerprint density at radius 3 is 2.57 bits per heavy atom. The van der Waals surface area contributed by atoms with Gasteiger partial charge in [-0.05, 0) is 57.2 Å². The second kappa shape index (κ2) is 10.0. The predicted octanol–water partition coefficient (Wildman–Crippen LogP) is 5.60. The number of nitrogens with one attached hydrogen (secondary N) is 1. The smallest absolute Gasteiger partial charge is 0.251 e. The van der Waals surface area contributed by atoms with Gasteiger partial charge >= 0.3 is 0 Å². The number of nitrogens with zero attached hydrogens (tertiary/aromatic N) is 3. The maximum absolute atomic E-state index is 13.0. The Labute approximate surface area is 208 Å². The third kappa shape index (κ3) is 5.20. The van der Waals surface area contributed by atoms with Gasteiger partial charge in [-0.2, -0.15) is 5.10 Å². The second-order valence-corrected chi connectivity index (χ2v) is 8.70. The summed E-state index contributed by atoms with van der Waals surface area (Å²) in [6.07, 6.45) is 0. The van der Waals surface area contributed by atoms with Crippen molar-refractivity contribution in [3.05, 3.63) is 95.2 Å². The zero-order valence-electron chi connectivity index (χ0n) is 19.7. The Balaban J connectivity index is 1.75. The molecule has 0 bridgehead atoms. The van der Waals surface area contributed by atoms with Crippen LogP contribution in [0.3, 0.4) is 0 Å². The van der Waals surface area contributed by atoms with Gasteiger partial charge in [-0.3, -0.25) is 4.79 Å². The first kappa shape index (κ1) is 24.0. The van der Waals surface area contributed by atoms with E-state index < -0.39 is 6.04 Å². The standard InChI is InChI=1S/C27H26ClN5O2/c1-16-9-12-21(13-10-16)33-25-14-11-20(27(34)30-17(2)18(3)35-32-19(4)29)15-23(25)26(31-33)22-7-5-6-8-24(22)28/h5-15,17H,3H2,1-2,4H3,(H2,29,32)(H,30,34)/t17-/m1/s1. The minimum Gasteiger partial charge on any atom is -0.385 e. The van der Waals surface area contributed by atoms with E-state index in [4.69, 9.17) is 27.3 Å². The minimum absolute atomic E-state index is 0.257. The maximum atomic E-state index is 13.0. The van der Waals surface area contributed by atoms with E-state index in [1.165, 1.54) is 0 Å². The summed E-state index contributed by atoms with van der Waals surface area (Å²) in [4.78, 5) is 18.2. The third-order valence-corrected chi connectivity index (χ3v) is 5.82. The highest BCUT2D eigenvalue weighted by atomic mass is 35.5. The highest BCUT2D eigenvalue weighted by Crippen LogP contribution is 2.34. The average molecular weight is 488 g/mol. The van der Waals surface area contributed by atoms with Crippen LogP contribution in [0.15, 0.2) is 84.2 Å². The third-order valence-electron chi connectivity index (χ3n) is 5.49. The second-order valence-electron chi connectivity index (χ2n) is 8.29. The molecule has 0 saturated carbocycles. The summed E-state index contributed by atoms with van der Waals surface area (Å²) in [7, 11) is 0. The van der Waals surface area contributed by atoms with Crippen molar-refractivity contribution < 1.29 is 9.63 Å². The zero-order valence-corrected chi connectivity index (χ0v) is 20.5. The summed E-state index contributed by atoms with van der Waals surface area (Å²) in [5.41, 5.74) is 10.4. The summed E-state index contributed by atoms with van der Waals surface area (Å²) >= 11 is 6.52. The van der Waals surface area contributed by atoms with Crippen molar-refractivity contribution in [1.82, 2.24) is 15.1 Å². The number of benzene rings is 3. The molecule has 0 aliphatic carbocycles. The highest BCUT2D eigenvalue weighted by molar-refractivity contribution is 6.33. The van der Waals surface area contributed by atoms with Gasteiger partial charge in [0.25, 0.3) is 5.91 Å². The summed E-state index contributed by atoms with van der Waals surface area (Å²) in [6, 6.07) is 20.6. The number of hydrogen-bond donors (Lipinski definition) is 2. The van der Waals surface area contributed by atoms with Crippen molar-refractivity contribution in [2.75, 3.05) is 0 Å². The molecule has 0 aliphatic rings. The van der Waals surface area contributed by atoms with Crippen LogP contribution in [0, 0.1) is 6.92 Å². The van der Waals surface area contributed by atoms with Gasteiger partial charge in [0, 0.05) is 16.5 Å². The van der Waals surface area contributed by atoms with Crippen LogP contribution in [0.4, 0.5) is 0 Å². The van der Waals surface area contributed by atoms with Gasteiger partial charge < -0.3 is 15.9 Å². The number of carbonyl (C=O) groups excluding carboxylic acids is 1. The molecule has 0 fully saturated rings. The predicted molar refractivity (Wildman–Crippen MR) is 141 cm³/mol. The summed E-state index contributed by atoms with van der Waals surface area (Å²) < 4.78 is 1.86. The molecular formula is C27H26ClN5O2. The first-order valence-corrected chi connectivity index (χ1v) is 11.4. The molecule has 7 nitrogen and oxygen atoms in total. The molecule has 3 aromatic carbocycles. The Kier molecular flexibility index (Phi) is 6.89. The van der Waals surface area contributed by atoms with Crippen molar-refractivity contribution in [3.63, 3.8) is 0 Å². The SMILES string of the molecule is C=C(O/N=C(/C)N)[C@@H](C)NC(=O)c1ccc2c(c1)c(-c1ccccc1Cl)nn2-c1ccc(C)cc1. The Morgan fingerprint density at radius 1 is 1.17 bits per heavy atom. The van der Waals surface area contributed by atoms with Crippen LogP contribution in [0.25, 0.3) is 27.8 Å². The average Bonchev–Trinajstić information content (AvgIpc) is 3.21. The molecular weight excluding hydrogens is 462 g/mol. The van der Waals surface area contributed by atoms with Crippen molar-refractivity contribution in [3.8, 4) is 16.9 Å². The molecule has 3 N–H and O–H groups in total. The molecule has 1 heterocycles. The first-order valence-electron chi connectivity index (χ1n) is 11.1. The number of fused-ring (bicyclic) bond motifs is 1. The molecule has 4 aromatic rings. The van der Waals surface area contributed by atoms with Gasteiger partial charge in [-0.15, -0.1) is 0 Å². The van der Waals surface area contributed by atoms with Gasteiger partial charge in [0.2, 0.25) is 0 Å². The number of oxime groups is 1. The number of nitrogens with two attached hydrogens (primary N) is 1. The van der Waals surface area contributed by atoms with Gasteiger partial charge in [0.15, 0.2) is 0 Å². The van der Waals surface area contributed by atoms with Gasteiger partial charge in [0.05, 0.1) is 22.3 Å². The fourth-order valence-electron chi connectivity index (χ4n) is 3.56. The van der Waals surface area contributed by atoms with Crippen LogP contribution in [0.1, 0.15) is 29.8 Å². The van der Waals surface area contributed by atoms with E-state index in [1.807, 2.05) is 72.3 Å². The molecule has 35 heavy (non-hydrogen) atoms. The molecule has 8 heteroatoms. The molecule has 0 unspecified atom stereocenters. The van der Waals surface area contributed by atoms with Crippen molar-refractivity contribution in [1.29, 1.82) is 0 Å². The summed E-state index contributed by atoms with van der Waals surface area (Å²) in [6.45, 7) is 9.19. The highest BCUT2D eigenvalue weighted by Gasteiger charge is 2.19. The van der Waals surface area contributed by atoms with Crippen LogP contribution in [-0.4, -0.2) is 27.6 Å². The fourth-order valence-corrected chi connectivity index (χ4v) is 3.79. The normalized spacial score (nSPS) is 12.4. The number of amides is 1. The van der Waals surface area contributed by atoms with Crippen LogP contribution in [-0.2, 0) is 4.84 Å². The van der Waals surface area contributed by atoms with Crippen LogP contribution in [0.2, 0.25) is 5.02 Å². The molecule has 178 valence electrons. The first-order chi connectivity index (χ1) is 16.7. The van der Waals surface area contributed by atoms with Crippen LogP contribution in [0.5, 0.6) is 0 Å². The van der Waals surface area contributed by atoms with E-state index in [0.717, 1.165) is 27.7 Å². The minimum atomic E-state index is -0.486. The number of rotatable bonds is 7.